The van der Waals surface area contributed by atoms with Gasteiger partial charge in [0, 0.05) is 45.3 Å². The van der Waals surface area contributed by atoms with Crippen LogP contribution in [0.25, 0.3) is 55.2 Å². The Morgan fingerprint density at radius 2 is 1.12 bits per heavy atom. The molecule has 2 aliphatic rings. The van der Waals surface area contributed by atoms with Crippen molar-refractivity contribution in [2.45, 2.75) is 18.5 Å². The van der Waals surface area contributed by atoms with E-state index in [1.807, 2.05) is 48.8 Å². The van der Waals surface area contributed by atoms with Crippen LogP contribution in [0.5, 0.6) is 0 Å². The molecule has 0 radical (unpaired) electrons. The second kappa shape index (κ2) is 13.6. The van der Waals surface area contributed by atoms with Gasteiger partial charge in [-0.25, -0.2) is 15.0 Å². The highest BCUT2D eigenvalue weighted by Gasteiger charge is 2.41. The summed E-state index contributed by atoms with van der Waals surface area (Å²) in [6.45, 7) is 2.37. The van der Waals surface area contributed by atoms with Gasteiger partial charge in [-0.05, 0) is 87.1 Å². The third-order valence-electron chi connectivity index (χ3n) is 11.9. The number of hydrogen-bond acceptors (Lipinski definition) is 5. The molecule has 3 heterocycles. The maximum absolute atomic E-state index is 5.37. The van der Waals surface area contributed by atoms with Crippen molar-refractivity contribution in [3.8, 4) is 33.5 Å². The van der Waals surface area contributed by atoms with E-state index in [-0.39, 0.29) is 5.41 Å². The van der Waals surface area contributed by atoms with Crippen LogP contribution in [0.4, 0.5) is 0 Å². The fourth-order valence-electron chi connectivity index (χ4n) is 9.06. The number of benzene rings is 7. The van der Waals surface area contributed by atoms with E-state index in [0.29, 0.717) is 0 Å². The van der Waals surface area contributed by atoms with Crippen LogP contribution >= 0.6 is 0 Å². The first-order valence-electron chi connectivity index (χ1n) is 19.7. The Bertz CT molecular complexity index is 3040. The zero-order valence-electron chi connectivity index (χ0n) is 31.8. The zero-order chi connectivity index (χ0) is 38.6. The molecule has 0 saturated heterocycles. The summed E-state index contributed by atoms with van der Waals surface area (Å²) in [5.74, 6) is 1.55. The highest BCUT2D eigenvalue weighted by atomic mass is 15.2. The fraction of sp³-hybridized carbons (Fsp3) is 0.0566. The van der Waals surface area contributed by atoms with Crippen LogP contribution in [-0.4, -0.2) is 21.6 Å². The van der Waals surface area contributed by atoms with Gasteiger partial charge in [0.05, 0.1) is 11.2 Å². The van der Waals surface area contributed by atoms with Crippen LogP contribution in [0.2, 0.25) is 0 Å². The average Bonchev–Trinajstić information content (AvgIpc) is 3.58. The lowest BCUT2D eigenvalue weighted by atomic mass is 9.74. The number of fused-ring (bicyclic) bond motifs is 6. The Hall–Kier alpha value is -7.50. The van der Waals surface area contributed by atoms with E-state index in [1.54, 1.807) is 0 Å². The third-order valence-corrected chi connectivity index (χ3v) is 11.9. The number of nitrogens with zero attached hydrogens (tertiary/aromatic N) is 4. The Labute approximate surface area is 337 Å². The summed E-state index contributed by atoms with van der Waals surface area (Å²) in [7, 11) is 0. The lowest BCUT2D eigenvalue weighted by Gasteiger charge is -2.28. The summed E-state index contributed by atoms with van der Waals surface area (Å²) in [6.07, 6.45) is 3.28. The topological polar surface area (TPSA) is 62.5 Å². The molecule has 0 saturated carbocycles. The molecule has 7 aromatic carbocycles. The first-order chi connectivity index (χ1) is 28.6. The largest absolute Gasteiger partial charge is 0.324 e. The Morgan fingerprint density at radius 1 is 0.500 bits per heavy atom. The van der Waals surface area contributed by atoms with Gasteiger partial charge in [-0.2, -0.15) is 0 Å². The molecule has 1 aliphatic heterocycles. The lowest BCUT2D eigenvalue weighted by molar-refractivity contribution is 0.714. The minimum atomic E-state index is -0.533. The highest BCUT2D eigenvalue weighted by Crippen LogP contribution is 2.55. The summed E-state index contributed by atoms with van der Waals surface area (Å²) in [4.78, 5) is 20.7. The quantitative estimate of drug-likeness (QED) is 0.173. The summed E-state index contributed by atoms with van der Waals surface area (Å²) in [5, 5.41) is 6.79. The van der Waals surface area contributed by atoms with E-state index in [9.17, 15) is 0 Å². The number of rotatable bonds is 6. The molecular weight excluding hydrogens is 707 g/mol. The van der Waals surface area contributed by atoms with Crippen LogP contribution in [0.15, 0.2) is 204 Å². The highest BCUT2D eigenvalue weighted by molar-refractivity contribution is 6.16. The van der Waals surface area contributed by atoms with Gasteiger partial charge in [0.1, 0.15) is 11.7 Å². The van der Waals surface area contributed by atoms with Gasteiger partial charge in [-0.1, -0.05) is 152 Å². The van der Waals surface area contributed by atoms with Gasteiger partial charge in [0.15, 0.2) is 6.17 Å². The Kier molecular flexibility index (Phi) is 7.93. The second-order valence-corrected chi connectivity index (χ2v) is 15.2. The number of aromatic nitrogens is 2. The van der Waals surface area contributed by atoms with Crippen molar-refractivity contribution >= 4 is 33.3 Å². The second-order valence-electron chi connectivity index (χ2n) is 15.2. The van der Waals surface area contributed by atoms with Gasteiger partial charge in [0.2, 0.25) is 0 Å². The monoisotopic (exact) mass is 743 g/mol. The molecular formula is C53H37N5. The van der Waals surface area contributed by atoms with Crippen molar-refractivity contribution in [3.05, 3.63) is 228 Å². The maximum Gasteiger partial charge on any atom is 0.169 e. The summed E-state index contributed by atoms with van der Waals surface area (Å²) in [5.41, 5.74) is 14.0. The lowest BCUT2D eigenvalue weighted by Crippen LogP contribution is -2.36. The minimum absolute atomic E-state index is 0.329. The van der Waals surface area contributed by atoms with Gasteiger partial charge >= 0.3 is 0 Å². The molecule has 0 fully saturated rings. The molecule has 0 bridgehead atoms. The molecule has 0 amide bonds. The van der Waals surface area contributed by atoms with Crippen LogP contribution in [-0.2, 0) is 5.41 Å². The summed E-state index contributed by atoms with van der Waals surface area (Å²) < 4.78 is 0. The molecule has 58 heavy (non-hydrogen) atoms. The number of aliphatic imine (C=N–C) groups is 2. The van der Waals surface area contributed by atoms with E-state index >= 15 is 0 Å². The predicted molar refractivity (Wildman–Crippen MR) is 237 cm³/mol. The number of hydrogen-bond donors (Lipinski definition) is 1. The third kappa shape index (κ3) is 5.47. The van der Waals surface area contributed by atoms with E-state index in [0.717, 1.165) is 72.4 Å². The fourth-order valence-corrected chi connectivity index (χ4v) is 9.06. The van der Waals surface area contributed by atoms with Crippen molar-refractivity contribution in [1.29, 1.82) is 0 Å². The first-order valence-corrected chi connectivity index (χ1v) is 19.7. The SMILES string of the molecule is CC1(c2ccccc2)c2ccccc2-c2c(-c3cc(-c4nc5ccccc5c5ccncc45)cc(C4N=C(c5ccccc5)NC(c5ccccc5)=N4)c3)cccc21. The molecule has 5 nitrogen and oxygen atoms in total. The smallest absolute Gasteiger partial charge is 0.169 e. The summed E-state index contributed by atoms with van der Waals surface area (Å²) in [6, 6.07) is 64.4. The molecule has 2 aromatic heterocycles. The number of para-hydroxylation sites is 1. The molecule has 9 aromatic rings. The predicted octanol–water partition coefficient (Wildman–Crippen LogP) is 11.9. The molecule has 1 N–H and O–H groups in total. The average molecular weight is 744 g/mol. The molecule has 1 aliphatic carbocycles. The van der Waals surface area contributed by atoms with Crippen molar-refractivity contribution in [2.24, 2.45) is 9.98 Å². The van der Waals surface area contributed by atoms with Crippen LogP contribution in [0.3, 0.4) is 0 Å². The van der Waals surface area contributed by atoms with Crippen LogP contribution in [0.1, 0.15) is 46.5 Å². The first kappa shape index (κ1) is 33.8. The van der Waals surface area contributed by atoms with Crippen molar-refractivity contribution < 1.29 is 0 Å². The van der Waals surface area contributed by atoms with Crippen molar-refractivity contribution in [3.63, 3.8) is 0 Å². The van der Waals surface area contributed by atoms with E-state index in [1.165, 1.54) is 27.8 Å². The van der Waals surface area contributed by atoms with E-state index in [4.69, 9.17) is 15.0 Å². The Morgan fingerprint density at radius 3 is 1.88 bits per heavy atom. The molecule has 1 atom stereocenters. The number of pyridine rings is 2. The van der Waals surface area contributed by atoms with Crippen LogP contribution < -0.4 is 5.32 Å². The zero-order valence-corrected chi connectivity index (χ0v) is 31.8. The van der Waals surface area contributed by atoms with Crippen molar-refractivity contribution in [2.75, 3.05) is 0 Å². The maximum atomic E-state index is 5.37. The molecule has 5 heteroatoms. The number of amidine groups is 2. The van der Waals surface area contributed by atoms with Gasteiger partial charge < -0.3 is 5.32 Å². The molecule has 11 rings (SSSR count). The standard InChI is InChI=1S/C53H37N5/c1-53(39-20-9-4-10-21-39)45-25-13-11-23-43(45)48-40(24-15-26-46(48)53)36-30-37(49-44-33-54-29-28-41(44)42-22-12-14-27-47(42)55-49)32-38(31-36)52-57-50(34-16-5-2-6-17-34)56-51(58-52)35-18-7-3-8-19-35/h2-33,52H,1H3,(H,56,57,58). The van der Waals surface area contributed by atoms with Gasteiger partial charge in [0.25, 0.3) is 0 Å². The van der Waals surface area contributed by atoms with Gasteiger partial charge in [-0.15, -0.1) is 0 Å². The Balaban J connectivity index is 1.19. The number of nitrogens with one attached hydrogen (secondary N) is 1. The minimum Gasteiger partial charge on any atom is -0.324 e. The van der Waals surface area contributed by atoms with E-state index < -0.39 is 6.17 Å². The molecule has 0 spiro atoms. The molecule has 274 valence electrons. The van der Waals surface area contributed by atoms with Crippen molar-refractivity contribution in [1.82, 2.24) is 15.3 Å². The molecule has 1 unspecified atom stereocenters. The van der Waals surface area contributed by atoms with E-state index in [2.05, 4.69) is 163 Å². The summed E-state index contributed by atoms with van der Waals surface area (Å²) >= 11 is 0. The van der Waals surface area contributed by atoms with Gasteiger partial charge in [-0.3, -0.25) is 4.98 Å². The normalized spacial score (nSPS) is 16.0. The van der Waals surface area contributed by atoms with Crippen LogP contribution in [0, 0.1) is 0 Å².